The van der Waals surface area contributed by atoms with Gasteiger partial charge in [-0.1, -0.05) is 17.4 Å². The Kier molecular flexibility index (Phi) is 4.16. The van der Waals surface area contributed by atoms with Gasteiger partial charge in [-0.25, -0.2) is 0 Å². The third-order valence-corrected chi connectivity index (χ3v) is 3.34. The van der Waals surface area contributed by atoms with E-state index in [9.17, 15) is 15.0 Å². The summed E-state index contributed by atoms with van der Waals surface area (Å²) in [6, 6.07) is 3.53. The Balaban J connectivity index is 1.98. The van der Waals surface area contributed by atoms with Gasteiger partial charge in [-0.2, -0.15) is 0 Å². The van der Waals surface area contributed by atoms with E-state index in [0.717, 1.165) is 5.01 Å². The van der Waals surface area contributed by atoms with Crippen LogP contribution in [0.4, 0.5) is 5.13 Å². The molecular formula is C12H14N4O3S. The van der Waals surface area contributed by atoms with Gasteiger partial charge in [-0.15, -0.1) is 10.2 Å². The Labute approximate surface area is 119 Å². The largest absolute Gasteiger partial charge is 0.504 e. The number of carbonyl (C=O) groups excluding carboxylic acids is 1. The molecule has 5 N–H and O–H groups in total. The van der Waals surface area contributed by atoms with Crippen molar-refractivity contribution in [1.29, 1.82) is 0 Å². The maximum Gasteiger partial charge on any atom is 0.243 e. The first-order valence-electron chi connectivity index (χ1n) is 5.83. The number of aromatic hydroxyl groups is 2. The Hall–Kier alpha value is -2.19. The fourth-order valence-corrected chi connectivity index (χ4v) is 2.18. The average Bonchev–Trinajstić information content (AvgIpc) is 2.79. The summed E-state index contributed by atoms with van der Waals surface area (Å²) in [5.41, 5.74) is 6.44. The number of rotatable bonds is 4. The van der Waals surface area contributed by atoms with Crippen LogP contribution in [0.3, 0.4) is 0 Å². The van der Waals surface area contributed by atoms with E-state index in [2.05, 4.69) is 15.5 Å². The summed E-state index contributed by atoms with van der Waals surface area (Å²) < 4.78 is 0. The van der Waals surface area contributed by atoms with Crippen LogP contribution in [-0.2, 0) is 11.2 Å². The first kappa shape index (κ1) is 14.2. The molecule has 1 aromatic heterocycles. The minimum atomic E-state index is -0.789. The zero-order valence-corrected chi connectivity index (χ0v) is 11.5. The van der Waals surface area contributed by atoms with E-state index in [1.54, 1.807) is 13.0 Å². The Morgan fingerprint density at radius 3 is 2.75 bits per heavy atom. The van der Waals surface area contributed by atoms with Crippen molar-refractivity contribution in [3.8, 4) is 11.5 Å². The summed E-state index contributed by atoms with van der Waals surface area (Å²) in [7, 11) is 0. The van der Waals surface area contributed by atoms with Gasteiger partial charge in [0.05, 0.1) is 6.04 Å². The molecule has 0 spiro atoms. The molecule has 7 nitrogen and oxygen atoms in total. The van der Waals surface area contributed by atoms with Gasteiger partial charge in [-0.3, -0.25) is 10.1 Å². The number of phenols is 2. The minimum absolute atomic E-state index is 0.212. The number of phenolic OH excluding ortho intramolecular Hbond substituents is 2. The number of nitrogens with zero attached hydrogens (tertiary/aromatic N) is 2. The van der Waals surface area contributed by atoms with Crippen molar-refractivity contribution in [2.24, 2.45) is 5.73 Å². The summed E-state index contributed by atoms with van der Waals surface area (Å²) >= 11 is 1.26. The summed E-state index contributed by atoms with van der Waals surface area (Å²) in [5.74, 6) is -0.834. The van der Waals surface area contributed by atoms with Crippen LogP contribution in [0.1, 0.15) is 10.6 Å². The lowest BCUT2D eigenvalue weighted by Crippen LogP contribution is -2.37. The van der Waals surface area contributed by atoms with Crippen molar-refractivity contribution in [2.45, 2.75) is 19.4 Å². The van der Waals surface area contributed by atoms with Gasteiger partial charge in [0.15, 0.2) is 11.5 Å². The van der Waals surface area contributed by atoms with Crippen molar-refractivity contribution in [1.82, 2.24) is 10.2 Å². The Bertz CT molecular complexity index is 629. The second-order valence-corrected chi connectivity index (χ2v) is 5.43. The lowest BCUT2D eigenvalue weighted by molar-refractivity contribution is -0.117. The van der Waals surface area contributed by atoms with Crippen LogP contribution in [0, 0.1) is 6.92 Å². The van der Waals surface area contributed by atoms with E-state index >= 15 is 0 Å². The number of aromatic nitrogens is 2. The zero-order chi connectivity index (χ0) is 14.7. The molecule has 8 heteroatoms. The predicted molar refractivity (Wildman–Crippen MR) is 74.7 cm³/mol. The number of anilines is 1. The average molecular weight is 294 g/mol. The maximum absolute atomic E-state index is 11.9. The monoisotopic (exact) mass is 294 g/mol. The van der Waals surface area contributed by atoms with E-state index in [1.165, 1.54) is 23.5 Å². The summed E-state index contributed by atoms with van der Waals surface area (Å²) in [6.45, 7) is 1.78. The van der Waals surface area contributed by atoms with Gasteiger partial charge >= 0.3 is 0 Å². The number of amides is 1. The number of hydrogen-bond acceptors (Lipinski definition) is 7. The molecule has 0 fully saturated rings. The first-order valence-corrected chi connectivity index (χ1v) is 6.65. The van der Waals surface area contributed by atoms with Crippen LogP contribution in [0.25, 0.3) is 0 Å². The summed E-state index contributed by atoms with van der Waals surface area (Å²) in [6.07, 6.45) is 0.234. The Morgan fingerprint density at radius 1 is 1.40 bits per heavy atom. The second kappa shape index (κ2) is 5.85. The molecule has 1 aromatic carbocycles. The molecule has 0 bridgehead atoms. The molecule has 20 heavy (non-hydrogen) atoms. The van der Waals surface area contributed by atoms with Gasteiger partial charge in [-0.05, 0) is 31.0 Å². The molecule has 1 amide bonds. The minimum Gasteiger partial charge on any atom is -0.504 e. The predicted octanol–water partition coefficient (Wildman–Crippen LogP) is 0.766. The van der Waals surface area contributed by atoms with Crippen LogP contribution >= 0.6 is 11.3 Å². The van der Waals surface area contributed by atoms with Crippen molar-refractivity contribution >= 4 is 22.4 Å². The number of hydrogen-bond donors (Lipinski definition) is 4. The van der Waals surface area contributed by atoms with Crippen molar-refractivity contribution in [2.75, 3.05) is 5.32 Å². The van der Waals surface area contributed by atoms with Crippen LogP contribution < -0.4 is 11.1 Å². The molecule has 0 saturated carbocycles. The molecule has 0 aliphatic rings. The topological polar surface area (TPSA) is 121 Å². The fourth-order valence-electron chi connectivity index (χ4n) is 1.59. The van der Waals surface area contributed by atoms with Crippen molar-refractivity contribution in [3.63, 3.8) is 0 Å². The Morgan fingerprint density at radius 2 is 2.15 bits per heavy atom. The maximum atomic E-state index is 11.9. The summed E-state index contributed by atoms with van der Waals surface area (Å²) in [4.78, 5) is 11.9. The molecule has 0 saturated heterocycles. The lowest BCUT2D eigenvalue weighted by Gasteiger charge is -2.11. The zero-order valence-electron chi connectivity index (χ0n) is 10.7. The molecule has 2 aromatic rings. The molecular weight excluding hydrogens is 280 g/mol. The number of carbonyl (C=O) groups is 1. The molecule has 106 valence electrons. The second-order valence-electron chi connectivity index (χ2n) is 4.25. The molecule has 1 atom stereocenters. The van der Waals surface area contributed by atoms with Gasteiger partial charge in [0.25, 0.3) is 0 Å². The standard InChI is InChI=1S/C12H14N4O3S/c1-6-15-16-12(20-6)14-11(19)8(13)4-7-2-3-9(17)10(18)5-7/h2-3,5,8,17-18H,4,13H2,1H3,(H,14,16,19)/t8-/m0/s1. The highest BCUT2D eigenvalue weighted by Gasteiger charge is 2.16. The van der Waals surface area contributed by atoms with Gasteiger partial charge in [0.1, 0.15) is 5.01 Å². The van der Waals surface area contributed by atoms with E-state index in [1.807, 2.05) is 0 Å². The van der Waals surface area contributed by atoms with Crippen LogP contribution in [0.2, 0.25) is 0 Å². The molecule has 0 aliphatic heterocycles. The lowest BCUT2D eigenvalue weighted by atomic mass is 10.1. The fraction of sp³-hybridized carbons (Fsp3) is 0.250. The quantitative estimate of drug-likeness (QED) is 0.618. The van der Waals surface area contributed by atoms with Crippen LogP contribution in [0.5, 0.6) is 11.5 Å². The number of nitrogens with one attached hydrogen (secondary N) is 1. The van der Waals surface area contributed by atoms with E-state index < -0.39 is 6.04 Å². The molecule has 2 rings (SSSR count). The molecule has 0 unspecified atom stereocenters. The third kappa shape index (κ3) is 3.43. The number of nitrogens with two attached hydrogens (primary N) is 1. The van der Waals surface area contributed by atoms with Crippen LogP contribution in [-0.4, -0.2) is 32.4 Å². The smallest absolute Gasteiger partial charge is 0.243 e. The first-order chi connectivity index (χ1) is 9.45. The van der Waals surface area contributed by atoms with Gasteiger partial charge < -0.3 is 15.9 Å². The van der Waals surface area contributed by atoms with Crippen molar-refractivity contribution < 1.29 is 15.0 Å². The summed E-state index contributed by atoms with van der Waals surface area (Å²) in [5, 5.41) is 29.9. The highest BCUT2D eigenvalue weighted by Crippen LogP contribution is 2.25. The van der Waals surface area contributed by atoms with E-state index in [4.69, 9.17) is 5.73 Å². The normalized spacial score (nSPS) is 12.1. The molecule has 0 radical (unpaired) electrons. The van der Waals surface area contributed by atoms with E-state index in [-0.39, 0.29) is 23.8 Å². The number of benzene rings is 1. The van der Waals surface area contributed by atoms with Gasteiger partial charge in [0, 0.05) is 0 Å². The third-order valence-electron chi connectivity index (χ3n) is 2.59. The molecule has 1 heterocycles. The van der Waals surface area contributed by atoms with E-state index in [0.29, 0.717) is 10.7 Å². The SMILES string of the molecule is Cc1nnc(NC(=O)[C@@H](N)Cc2ccc(O)c(O)c2)s1. The highest BCUT2D eigenvalue weighted by molar-refractivity contribution is 7.15. The van der Waals surface area contributed by atoms with Crippen molar-refractivity contribution in [3.05, 3.63) is 28.8 Å². The molecule has 0 aliphatic carbocycles. The number of aryl methyl sites for hydroxylation is 1. The van der Waals surface area contributed by atoms with Gasteiger partial charge in [0.2, 0.25) is 11.0 Å². The highest BCUT2D eigenvalue weighted by atomic mass is 32.1. The van der Waals surface area contributed by atoms with Crippen LogP contribution in [0.15, 0.2) is 18.2 Å².